The van der Waals surface area contributed by atoms with Gasteiger partial charge in [-0.05, 0) is 18.6 Å². The molecule has 0 saturated heterocycles. The lowest BCUT2D eigenvalue weighted by molar-refractivity contribution is -0.134. The standard InChI is InChI=1S/C14H20N2O2/c1-16(13-7-4-3-5-8-13)12-6-10-15-11-9-14(17)18-2/h3-5,7-9,11,15H,6,10,12H2,1-2H3/b11-9+. The Morgan fingerprint density at radius 2 is 2.11 bits per heavy atom. The molecule has 0 aromatic heterocycles. The van der Waals surface area contributed by atoms with E-state index < -0.39 is 0 Å². The number of carbonyl (C=O) groups is 1. The summed E-state index contributed by atoms with van der Waals surface area (Å²) in [7, 11) is 3.43. The van der Waals surface area contributed by atoms with Gasteiger partial charge in [0.1, 0.15) is 0 Å². The SMILES string of the molecule is COC(=O)/C=C/NCCCN(C)c1ccccc1. The maximum atomic E-state index is 10.8. The van der Waals surface area contributed by atoms with Gasteiger partial charge in [0, 0.05) is 38.1 Å². The lowest BCUT2D eigenvalue weighted by atomic mass is 10.3. The van der Waals surface area contributed by atoms with Crippen LogP contribution in [-0.2, 0) is 9.53 Å². The summed E-state index contributed by atoms with van der Waals surface area (Å²) in [5, 5.41) is 3.05. The Morgan fingerprint density at radius 1 is 1.39 bits per heavy atom. The van der Waals surface area contributed by atoms with E-state index in [0.29, 0.717) is 0 Å². The first-order chi connectivity index (χ1) is 8.74. The number of ether oxygens (including phenoxy) is 1. The quantitative estimate of drug-likeness (QED) is 0.454. The molecule has 1 N–H and O–H groups in total. The van der Waals surface area contributed by atoms with Crippen LogP contribution in [0, 0.1) is 0 Å². The van der Waals surface area contributed by atoms with E-state index in [2.05, 4.69) is 34.1 Å². The topological polar surface area (TPSA) is 41.6 Å². The van der Waals surface area contributed by atoms with Crippen molar-refractivity contribution < 1.29 is 9.53 Å². The number of hydrogen-bond donors (Lipinski definition) is 1. The maximum Gasteiger partial charge on any atom is 0.331 e. The summed E-state index contributed by atoms with van der Waals surface area (Å²) in [6.07, 6.45) is 3.99. The molecule has 0 radical (unpaired) electrons. The van der Waals surface area contributed by atoms with Gasteiger partial charge in [-0.25, -0.2) is 4.79 Å². The van der Waals surface area contributed by atoms with E-state index in [1.165, 1.54) is 18.9 Å². The minimum Gasteiger partial charge on any atom is -0.466 e. The summed E-state index contributed by atoms with van der Waals surface area (Å²) in [5.41, 5.74) is 1.21. The third-order valence-corrected chi connectivity index (χ3v) is 2.55. The van der Waals surface area contributed by atoms with Crippen LogP contribution in [-0.4, -0.2) is 33.2 Å². The molecule has 0 unspecified atom stereocenters. The van der Waals surface area contributed by atoms with E-state index in [-0.39, 0.29) is 5.97 Å². The zero-order valence-electron chi connectivity index (χ0n) is 10.9. The molecule has 1 aromatic rings. The zero-order chi connectivity index (χ0) is 13.2. The first kappa shape index (κ1) is 14.1. The largest absolute Gasteiger partial charge is 0.466 e. The number of nitrogens with zero attached hydrogens (tertiary/aromatic N) is 1. The first-order valence-electron chi connectivity index (χ1n) is 5.98. The Hall–Kier alpha value is -1.97. The van der Waals surface area contributed by atoms with Crippen molar-refractivity contribution in [3.63, 3.8) is 0 Å². The van der Waals surface area contributed by atoms with Crippen LogP contribution in [0.5, 0.6) is 0 Å². The van der Waals surface area contributed by atoms with E-state index in [4.69, 9.17) is 0 Å². The molecule has 4 nitrogen and oxygen atoms in total. The van der Waals surface area contributed by atoms with Gasteiger partial charge in [-0.2, -0.15) is 0 Å². The van der Waals surface area contributed by atoms with Crippen molar-refractivity contribution >= 4 is 11.7 Å². The molecule has 0 heterocycles. The van der Waals surface area contributed by atoms with Gasteiger partial charge in [-0.15, -0.1) is 0 Å². The van der Waals surface area contributed by atoms with E-state index in [0.717, 1.165) is 19.5 Å². The van der Waals surface area contributed by atoms with Gasteiger partial charge >= 0.3 is 5.97 Å². The van der Waals surface area contributed by atoms with Crippen LogP contribution in [0.25, 0.3) is 0 Å². The normalized spacial score (nSPS) is 10.3. The average Bonchev–Trinajstić information content (AvgIpc) is 2.43. The summed E-state index contributed by atoms with van der Waals surface area (Å²) in [4.78, 5) is 13.0. The predicted molar refractivity (Wildman–Crippen MR) is 73.5 cm³/mol. The number of carbonyl (C=O) groups excluding carboxylic acids is 1. The van der Waals surface area contributed by atoms with Crippen LogP contribution in [0.1, 0.15) is 6.42 Å². The van der Waals surface area contributed by atoms with Crippen LogP contribution in [0.4, 0.5) is 5.69 Å². The number of esters is 1. The highest BCUT2D eigenvalue weighted by molar-refractivity contribution is 5.81. The third-order valence-electron chi connectivity index (χ3n) is 2.55. The van der Waals surface area contributed by atoms with Gasteiger partial charge < -0.3 is 15.0 Å². The summed E-state index contributed by atoms with van der Waals surface area (Å²) in [6, 6.07) is 10.2. The minimum atomic E-state index is -0.344. The lowest BCUT2D eigenvalue weighted by Gasteiger charge is -2.18. The zero-order valence-corrected chi connectivity index (χ0v) is 10.9. The summed E-state index contributed by atoms with van der Waals surface area (Å²) in [6.45, 7) is 1.79. The van der Waals surface area contributed by atoms with Gasteiger partial charge in [-0.1, -0.05) is 18.2 Å². The molecule has 0 amide bonds. The van der Waals surface area contributed by atoms with Crippen molar-refractivity contribution in [1.82, 2.24) is 5.32 Å². The molecule has 0 atom stereocenters. The van der Waals surface area contributed by atoms with Crippen molar-refractivity contribution in [2.45, 2.75) is 6.42 Å². The Kier molecular flexibility index (Phi) is 6.40. The molecular weight excluding hydrogens is 228 g/mol. The highest BCUT2D eigenvalue weighted by atomic mass is 16.5. The van der Waals surface area contributed by atoms with Crippen molar-refractivity contribution in [2.75, 3.05) is 32.1 Å². The molecule has 1 rings (SSSR count). The molecule has 0 aliphatic rings. The second-order valence-corrected chi connectivity index (χ2v) is 3.92. The van der Waals surface area contributed by atoms with E-state index in [9.17, 15) is 4.79 Å². The Labute approximate surface area is 108 Å². The summed E-state index contributed by atoms with van der Waals surface area (Å²) in [5.74, 6) is -0.344. The van der Waals surface area contributed by atoms with Crippen LogP contribution >= 0.6 is 0 Å². The molecular formula is C14H20N2O2. The number of hydrogen-bond acceptors (Lipinski definition) is 4. The van der Waals surface area contributed by atoms with Gasteiger partial charge in [0.15, 0.2) is 0 Å². The number of benzene rings is 1. The van der Waals surface area contributed by atoms with Gasteiger partial charge in [0.05, 0.1) is 7.11 Å². The Bertz CT molecular complexity index is 377. The van der Waals surface area contributed by atoms with E-state index in [1.807, 2.05) is 18.2 Å². The number of anilines is 1. The average molecular weight is 248 g/mol. The van der Waals surface area contributed by atoms with Gasteiger partial charge in [-0.3, -0.25) is 0 Å². The predicted octanol–water partition coefficient (Wildman–Crippen LogP) is 1.79. The number of nitrogens with one attached hydrogen (secondary N) is 1. The third kappa shape index (κ3) is 5.39. The monoisotopic (exact) mass is 248 g/mol. The van der Waals surface area contributed by atoms with Crippen LogP contribution < -0.4 is 10.2 Å². The molecule has 1 aromatic carbocycles. The molecule has 4 heteroatoms. The van der Waals surface area contributed by atoms with E-state index in [1.54, 1.807) is 6.20 Å². The number of rotatable bonds is 7. The molecule has 0 bridgehead atoms. The van der Waals surface area contributed by atoms with E-state index >= 15 is 0 Å². The molecule has 0 saturated carbocycles. The van der Waals surface area contributed by atoms with Crippen LogP contribution in [0.3, 0.4) is 0 Å². The summed E-state index contributed by atoms with van der Waals surface area (Å²) >= 11 is 0. The highest BCUT2D eigenvalue weighted by Gasteiger charge is 1.98. The van der Waals surface area contributed by atoms with Gasteiger partial charge in [0.2, 0.25) is 0 Å². The smallest absolute Gasteiger partial charge is 0.331 e. The Morgan fingerprint density at radius 3 is 2.78 bits per heavy atom. The number of methoxy groups -OCH3 is 1. The number of para-hydroxylation sites is 1. The fraction of sp³-hybridized carbons (Fsp3) is 0.357. The Balaban J connectivity index is 2.15. The van der Waals surface area contributed by atoms with Crippen molar-refractivity contribution in [2.24, 2.45) is 0 Å². The van der Waals surface area contributed by atoms with Crippen molar-refractivity contribution in [3.8, 4) is 0 Å². The fourth-order valence-electron chi connectivity index (χ4n) is 1.51. The fourth-order valence-corrected chi connectivity index (χ4v) is 1.51. The second kappa shape index (κ2) is 8.17. The van der Waals surface area contributed by atoms with Crippen LogP contribution in [0.2, 0.25) is 0 Å². The molecule has 0 spiro atoms. The minimum absolute atomic E-state index is 0.344. The highest BCUT2D eigenvalue weighted by Crippen LogP contribution is 2.10. The van der Waals surface area contributed by atoms with Crippen molar-refractivity contribution in [3.05, 3.63) is 42.6 Å². The molecule has 0 aliphatic heterocycles. The lowest BCUT2D eigenvalue weighted by Crippen LogP contribution is -2.21. The molecule has 0 fully saturated rings. The molecule has 18 heavy (non-hydrogen) atoms. The van der Waals surface area contributed by atoms with Crippen LogP contribution in [0.15, 0.2) is 42.6 Å². The molecule has 98 valence electrons. The second-order valence-electron chi connectivity index (χ2n) is 3.92. The van der Waals surface area contributed by atoms with Gasteiger partial charge in [0.25, 0.3) is 0 Å². The maximum absolute atomic E-state index is 10.8. The first-order valence-corrected chi connectivity index (χ1v) is 5.98. The molecule has 0 aliphatic carbocycles. The van der Waals surface area contributed by atoms with Crippen molar-refractivity contribution in [1.29, 1.82) is 0 Å². The summed E-state index contributed by atoms with van der Waals surface area (Å²) < 4.78 is 4.48.